The van der Waals surface area contributed by atoms with Crippen LogP contribution in [0.3, 0.4) is 0 Å². The Kier molecular flexibility index (Phi) is 5.18. The summed E-state index contributed by atoms with van der Waals surface area (Å²) in [4.78, 5) is 15.3. The van der Waals surface area contributed by atoms with Gasteiger partial charge in [0.05, 0.1) is 18.1 Å². The number of hydrogen-bond donors (Lipinski definition) is 0. The zero-order valence-electron chi connectivity index (χ0n) is 9.03. The second kappa shape index (κ2) is 6.45. The maximum Gasteiger partial charge on any atom is 0.306 e. The number of carbonyl (C=O) groups is 1. The molecule has 0 aliphatic rings. The standard InChI is InChI=1S/C11H15NO2S/c1-3-14-11(13)6-7-15-10-5-4-9(2)8-12-10/h4-5,8H,3,6-7H2,1-2H3. The lowest BCUT2D eigenvalue weighted by molar-refractivity contribution is -0.142. The van der Waals surface area contributed by atoms with E-state index in [1.54, 1.807) is 11.8 Å². The van der Waals surface area contributed by atoms with Crippen LogP contribution >= 0.6 is 11.8 Å². The quantitative estimate of drug-likeness (QED) is 0.570. The number of aromatic nitrogens is 1. The van der Waals surface area contributed by atoms with Crippen molar-refractivity contribution in [2.45, 2.75) is 25.3 Å². The summed E-state index contributed by atoms with van der Waals surface area (Å²) in [7, 11) is 0. The fraction of sp³-hybridized carbons (Fsp3) is 0.455. The minimum Gasteiger partial charge on any atom is -0.466 e. The average Bonchev–Trinajstić information content (AvgIpc) is 2.21. The van der Waals surface area contributed by atoms with Crippen LogP contribution in [-0.4, -0.2) is 23.3 Å². The Balaban J connectivity index is 2.26. The van der Waals surface area contributed by atoms with E-state index in [9.17, 15) is 4.79 Å². The van der Waals surface area contributed by atoms with Gasteiger partial charge in [-0.15, -0.1) is 11.8 Å². The van der Waals surface area contributed by atoms with Gasteiger partial charge in [0.1, 0.15) is 0 Å². The van der Waals surface area contributed by atoms with E-state index in [0.29, 0.717) is 13.0 Å². The molecule has 0 atom stereocenters. The fourth-order valence-corrected chi connectivity index (χ4v) is 1.78. The minimum atomic E-state index is -0.142. The van der Waals surface area contributed by atoms with Crippen molar-refractivity contribution in [2.75, 3.05) is 12.4 Å². The number of aryl methyl sites for hydroxylation is 1. The number of nitrogens with zero attached hydrogens (tertiary/aromatic N) is 1. The molecule has 4 heteroatoms. The first-order valence-electron chi connectivity index (χ1n) is 4.93. The predicted molar refractivity (Wildman–Crippen MR) is 60.9 cm³/mol. The molecule has 1 aromatic rings. The molecule has 0 aliphatic heterocycles. The lowest BCUT2D eigenvalue weighted by atomic mass is 10.3. The Morgan fingerprint density at radius 1 is 1.53 bits per heavy atom. The average molecular weight is 225 g/mol. The van der Waals surface area contributed by atoms with Crippen molar-refractivity contribution in [3.05, 3.63) is 23.9 Å². The van der Waals surface area contributed by atoms with E-state index in [0.717, 1.165) is 16.3 Å². The molecule has 0 saturated heterocycles. The summed E-state index contributed by atoms with van der Waals surface area (Å²) in [5.74, 6) is 0.576. The highest BCUT2D eigenvalue weighted by molar-refractivity contribution is 7.99. The zero-order valence-corrected chi connectivity index (χ0v) is 9.84. The number of carbonyl (C=O) groups excluding carboxylic acids is 1. The summed E-state index contributed by atoms with van der Waals surface area (Å²) in [5, 5.41) is 0.949. The smallest absolute Gasteiger partial charge is 0.306 e. The van der Waals surface area contributed by atoms with Gasteiger partial charge < -0.3 is 4.74 Å². The van der Waals surface area contributed by atoms with Crippen molar-refractivity contribution in [3.63, 3.8) is 0 Å². The Labute approximate surface area is 94.2 Å². The van der Waals surface area contributed by atoms with Gasteiger partial charge in [0.2, 0.25) is 0 Å². The molecule has 0 amide bonds. The van der Waals surface area contributed by atoms with Gasteiger partial charge in [0.25, 0.3) is 0 Å². The van der Waals surface area contributed by atoms with E-state index in [-0.39, 0.29) is 5.97 Å². The van der Waals surface area contributed by atoms with Crippen LogP contribution in [0.25, 0.3) is 0 Å². The molecule has 82 valence electrons. The van der Waals surface area contributed by atoms with E-state index in [4.69, 9.17) is 4.74 Å². The van der Waals surface area contributed by atoms with Crippen molar-refractivity contribution < 1.29 is 9.53 Å². The Bertz CT molecular complexity index is 311. The number of hydrogen-bond acceptors (Lipinski definition) is 4. The van der Waals surface area contributed by atoms with Crippen LogP contribution in [0.2, 0.25) is 0 Å². The highest BCUT2D eigenvalue weighted by Crippen LogP contribution is 2.16. The lowest BCUT2D eigenvalue weighted by Crippen LogP contribution is -2.04. The van der Waals surface area contributed by atoms with Crippen molar-refractivity contribution in [1.29, 1.82) is 0 Å². The van der Waals surface area contributed by atoms with Gasteiger partial charge in [0.15, 0.2) is 0 Å². The molecule has 1 heterocycles. The topological polar surface area (TPSA) is 39.2 Å². The molecule has 1 rings (SSSR count). The molecule has 0 radical (unpaired) electrons. The van der Waals surface area contributed by atoms with Crippen LogP contribution in [-0.2, 0) is 9.53 Å². The first-order chi connectivity index (χ1) is 7.22. The van der Waals surface area contributed by atoms with Crippen LogP contribution in [0.4, 0.5) is 0 Å². The molecular formula is C11H15NO2S. The third-order valence-electron chi connectivity index (χ3n) is 1.75. The maximum absolute atomic E-state index is 11.0. The predicted octanol–water partition coefficient (Wildman–Crippen LogP) is 2.44. The first kappa shape index (κ1) is 12.0. The van der Waals surface area contributed by atoms with E-state index in [1.165, 1.54) is 0 Å². The van der Waals surface area contributed by atoms with Crippen molar-refractivity contribution in [3.8, 4) is 0 Å². The Morgan fingerprint density at radius 2 is 2.33 bits per heavy atom. The molecule has 3 nitrogen and oxygen atoms in total. The molecule has 0 bridgehead atoms. The summed E-state index contributed by atoms with van der Waals surface area (Å²) in [6.45, 7) is 4.26. The van der Waals surface area contributed by atoms with E-state index in [2.05, 4.69) is 4.98 Å². The molecule has 0 spiro atoms. The molecule has 0 saturated carbocycles. The second-order valence-electron chi connectivity index (χ2n) is 3.08. The molecule has 15 heavy (non-hydrogen) atoms. The van der Waals surface area contributed by atoms with Gasteiger partial charge in [-0.05, 0) is 25.5 Å². The summed E-state index contributed by atoms with van der Waals surface area (Å²) >= 11 is 1.57. The highest BCUT2D eigenvalue weighted by Gasteiger charge is 2.02. The maximum atomic E-state index is 11.0. The third-order valence-corrected chi connectivity index (χ3v) is 2.69. The van der Waals surface area contributed by atoms with Gasteiger partial charge in [-0.3, -0.25) is 4.79 Å². The molecule has 0 aliphatic carbocycles. The lowest BCUT2D eigenvalue weighted by Gasteiger charge is -2.01. The van der Waals surface area contributed by atoms with Gasteiger partial charge in [-0.2, -0.15) is 0 Å². The summed E-state index contributed by atoms with van der Waals surface area (Å²) in [5.41, 5.74) is 1.14. The summed E-state index contributed by atoms with van der Waals surface area (Å²) in [6, 6.07) is 3.98. The van der Waals surface area contributed by atoms with Crippen LogP contribution in [0, 0.1) is 6.92 Å². The van der Waals surface area contributed by atoms with Crippen molar-refractivity contribution in [1.82, 2.24) is 4.98 Å². The minimum absolute atomic E-state index is 0.142. The summed E-state index contributed by atoms with van der Waals surface area (Å²) in [6.07, 6.45) is 2.26. The Morgan fingerprint density at radius 3 is 2.93 bits per heavy atom. The third kappa shape index (κ3) is 4.83. The summed E-state index contributed by atoms with van der Waals surface area (Å²) < 4.78 is 4.83. The molecule has 0 unspecified atom stereocenters. The fourth-order valence-electron chi connectivity index (χ4n) is 1.01. The number of ether oxygens (including phenoxy) is 1. The van der Waals surface area contributed by atoms with Crippen LogP contribution in [0.5, 0.6) is 0 Å². The number of esters is 1. The number of pyridine rings is 1. The molecule has 0 N–H and O–H groups in total. The van der Waals surface area contributed by atoms with Crippen LogP contribution in [0.15, 0.2) is 23.4 Å². The van der Waals surface area contributed by atoms with Crippen LogP contribution in [0.1, 0.15) is 18.9 Å². The van der Waals surface area contributed by atoms with E-state index >= 15 is 0 Å². The monoisotopic (exact) mass is 225 g/mol. The van der Waals surface area contributed by atoms with Crippen LogP contribution < -0.4 is 0 Å². The zero-order chi connectivity index (χ0) is 11.1. The largest absolute Gasteiger partial charge is 0.466 e. The molecule has 1 aromatic heterocycles. The number of thioether (sulfide) groups is 1. The molecule has 0 aromatic carbocycles. The number of rotatable bonds is 5. The van der Waals surface area contributed by atoms with Gasteiger partial charge >= 0.3 is 5.97 Å². The van der Waals surface area contributed by atoms with Gasteiger partial charge in [-0.25, -0.2) is 4.98 Å². The SMILES string of the molecule is CCOC(=O)CCSc1ccc(C)cn1. The van der Waals surface area contributed by atoms with Gasteiger partial charge in [-0.1, -0.05) is 6.07 Å². The van der Waals surface area contributed by atoms with E-state index in [1.807, 2.05) is 32.2 Å². The first-order valence-corrected chi connectivity index (χ1v) is 5.92. The second-order valence-corrected chi connectivity index (χ2v) is 4.19. The van der Waals surface area contributed by atoms with Crippen molar-refractivity contribution >= 4 is 17.7 Å². The normalized spacial score (nSPS) is 10.0. The highest BCUT2D eigenvalue weighted by atomic mass is 32.2. The Hall–Kier alpha value is -1.03. The van der Waals surface area contributed by atoms with E-state index < -0.39 is 0 Å². The molecule has 0 fully saturated rings. The van der Waals surface area contributed by atoms with Crippen molar-refractivity contribution in [2.24, 2.45) is 0 Å². The van der Waals surface area contributed by atoms with Gasteiger partial charge in [0, 0.05) is 11.9 Å². The molecular weight excluding hydrogens is 210 g/mol.